The zero-order valence-corrected chi connectivity index (χ0v) is 18.0. The summed E-state index contributed by atoms with van der Waals surface area (Å²) >= 11 is 6.32. The molecule has 0 aromatic heterocycles. The van der Waals surface area contributed by atoms with Crippen LogP contribution in [0.5, 0.6) is 11.5 Å². The van der Waals surface area contributed by atoms with Gasteiger partial charge in [-0.3, -0.25) is 0 Å². The molecule has 2 aromatic rings. The van der Waals surface area contributed by atoms with Crippen LogP contribution in [0.2, 0.25) is 5.02 Å². The van der Waals surface area contributed by atoms with E-state index in [1.54, 1.807) is 0 Å². The lowest BCUT2D eigenvalue weighted by molar-refractivity contribution is -0.142. The maximum Gasteiger partial charge on any atom is 0.329 e. The Bertz CT molecular complexity index is 1020. The standard InChI is InChI=1S/C24H25ClN2O4/c25-18-9-10-21-19(15-18)24(26-20-7-1-2-8-22(20)31-21)17-5-3-11-27(12-4-6-17)13-14-30-16-23(28)29/h1-2,5,7-10,15H,3-4,6,11-14,16H2,(H,28,29). The second-order valence-electron chi connectivity index (χ2n) is 7.58. The lowest BCUT2D eigenvalue weighted by Crippen LogP contribution is -2.31. The number of hydrogen-bond acceptors (Lipinski definition) is 5. The molecule has 0 radical (unpaired) electrons. The third kappa shape index (κ3) is 5.53. The summed E-state index contributed by atoms with van der Waals surface area (Å²) in [5.74, 6) is 0.559. The van der Waals surface area contributed by atoms with Gasteiger partial charge in [-0.2, -0.15) is 0 Å². The van der Waals surface area contributed by atoms with E-state index in [9.17, 15) is 4.79 Å². The second-order valence-corrected chi connectivity index (χ2v) is 8.02. The average Bonchev–Trinajstić information content (AvgIpc) is 2.89. The number of halogens is 1. The number of carboxylic acid groups (broad SMARTS) is 1. The summed E-state index contributed by atoms with van der Waals surface area (Å²) in [6.07, 6.45) is 5.00. The van der Waals surface area contributed by atoms with Crippen LogP contribution in [0.15, 0.2) is 59.1 Å². The van der Waals surface area contributed by atoms with Crippen molar-refractivity contribution < 1.29 is 19.4 Å². The summed E-state index contributed by atoms with van der Waals surface area (Å²) in [7, 11) is 0. The first-order valence-electron chi connectivity index (χ1n) is 10.5. The molecule has 0 saturated carbocycles. The Morgan fingerprint density at radius 1 is 1.19 bits per heavy atom. The molecule has 4 rings (SSSR count). The summed E-state index contributed by atoms with van der Waals surface area (Å²) in [6, 6.07) is 13.5. The molecule has 7 heteroatoms. The molecule has 0 fully saturated rings. The fourth-order valence-corrected chi connectivity index (χ4v) is 4.05. The maximum atomic E-state index is 10.6. The molecule has 0 amide bonds. The highest BCUT2D eigenvalue weighted by atomic mass is 35.5. The number of ether oxygens (including phenoxy) is 2. The minimum atomic E-state index is -0.935. The number of aliphatic imine (C=N–C) groups is 1. The van der Waals surface area contributed by atoms with E-state index < -0.39 is 5.97 Å². The van der Waals surface area contributed by atoms with Crippen LogP contribution >= 0.6 is 11.6 Å². The van der Waals surface area contributed by atoms with E-state index in [4.69, 9.17) is 31.2 Å². The van der Waals surface area contributed by atoms with Gasteiger partial charge in [-0.1, -0.05) is 29.8 Å². The van der Waals surface area contributed by atoms with Crippen LogP contribution in [0.1, 0.15) is 24.8 Å². The third-order valence-electron chi connectivity index (χ3n) is 5.35. The Morgan fingerprint density at radius 3 is 2.94 bits per heavy atom. The number of fused-ring (bicyclic) bond motifs is 2. The molecule has 2 aromatic carbocycles. The van der Waals surface area contributed by atoms with Crippen LogP contribution < -0.4 is 4.74 Å². The fourth-order valence-electron chi connectivity index (χ4n) is 3.88. The van der Waals surface area contributed by atoms with Crippen molar-refractivity contribution in [2.75, 3.05) is 32.8 Å². The molecule has 6 nitrogen and oxygen atoms in total. The number of rotatable bonds is 6. The van der Waals surface area contributed by atoms with Gasteiger partial charge in [-0.05, 0) is 61.7 Å². The number of para-hydroxylation sites is 2. The van der Waals surface area contributed by atoms with Crippen LogP contribution in [0.4, 0.5) is 5.69 Å². The Morgan fingerprint density at radius 2 is 2.06 bits per heavy atom. The van der Waals surface area contributed by atoms with Gasteiger partial charge in [0.05, 0.1) is 12.3 Å². The van der Waals surface area contributed by atoms with Crippen molar-refractivity contribution in [2.24, 2.45) is 4.99 Å². The van der Waals surface area contributed by atoms with Gasteiger partial charge in [0.15, 0.2) is 5.75 Å². The molecule has 2 heterocycles. The lowest BCUT2D eigenvalue weighted by Gasteiger charge is -2.24. The molecular weight excluding hydrogens is 416 g/mol. The van der Waals surface area contributed by atoms with Crippen molar-refractivity contribution in [3.05, 3.63) is 64.7 Å². The zero-order chi connectivity index (χ0) is 21.6. The molecule has 0 saturated heterocycles. The van der Waals surface area contributed by atoms with Gasteiger partial charge in [0, 0.05) is 23.7 Å². The number of nitrogens with zero attached hydrogens (tertiary/aromatic N) is 2. The van der Waals surface area contributed by atoms with Gasteiger partial charge in [-0.25, -0.2) is 9.79 Å². The number of aliphatic carboxylic acids is 1. The second kappa shape index (κ2) is 10.1. The van der Waals surface area contributed by atoms with E-state index in [0.29, 0.717) is 11.6 Å². The minimum Gasteiger partial charge on any atom is -0.480 e. The molecule has 2 aliphatic heterocycles. The predicted octanol–water partition coefficient (Wildman–Crippen LogP) is 5.08. The largest absolute Gasteiger partial charge is 0.480 e. The van der Waals surface area contributed by atoms with Gasteiger partial charge >= 0.3 is 5.97 Å². The Labute approximate surface area is 186 Å². The Balaban J connectivity index is 1.54. The van der Waals surface area contributed by atoms with Gasteiger partial charge in [0.1, 0.15) is 18.0 Å². The number of benzene rings is 2. The first kappa shape index (κ1) is 21.6. The molecule has 162 valence electrons. The lowest BCUT2D eigenvalue weighted by atomic mass is 9.95. The normalized spacial score (nSPS) is 16.5. The molecular formula is C24H25ClN2O4. The van der Waals surface area contributed by atoms with Gasteiger partial charge in [0.25, 0.3) is 0 Å². The van der Waals surface area contributed by atoms with Crippen LogP contribution in [0.25, 0.3) is 0 Å². The quantitative estimate of drug-likeness (QED) is 0.634. The van der Waals surface area contributed by atoms with Crippen molar-refractivity contribution in [3.8, 4) is 11.5 Å². The van der Waals surface area contributed by atoms with E-state index in [2.05, 4.69) is 11.0 Å². The average molecular weight is 441 g/mol. The first-order valence-corrected chi connectivity index (χ1v) is 10.8. The van der Waals surface area contributed by atoms with Gasteiger partial charge < -0.3 is 19.5 Å². The van der Waals surface area contributed by atoms with E-state index in [1.807, 2.05) is 42.5 Å². The minimum absolute atomic E-state index is 0.247. The highest BCUT2D eigenvalue weighted by Crippen LogP contribution is 2.40. The number of allylic oxidation sites excluding steroid dienone is 1. The monoisotopic (exact) mass is 440 g/mol. The third-order valence-corrected chi connectivity index (χ3v) is 5.59. The molecule has 0 aliphatic carbocycles. The highest BCUT2D eigenvalue weighted by molar-refractivity contribution is 6.31. The number of carboxylic acids is 1. The maximum absolute atomic E-state index is 10.6. The molecule has 0 bridgehead atoms. The van der Waals surface area contributed by atoms with Crippen molar-refractivity contribution >= 4 is 29.0 Å². The molecule has 31 heavy (non-hydrogen) atoms. The Kier molecular flexibility index (Phi) is 7.02. The number of hydrogen-bond donors (Lipinski definition) is 1. The van der Waals surface area contributed by atoms with Gasteiger partial charge in [0.2, 0.25) is 0 Å². The van der Waals surface area contributed by atoms with Crippen LogP contribution in [0, 0.1) is 0 Å². The highest BCUT2D eigenvalue weighted by Gasteiger charge is 2.22. The van der Waals surface area contributed by atoms with Crippen molar-refractivity contribution in [1.29, 1.82) is 0 Å². The topological polar surface area (TPSA) is 71.4 Å². The fraction of sp³-hybridized carbons (Fsp3) is 0.333. The molecule has 0 atom stereocenters. The van der Waals surface area contributed by atoms with Crippen LogP contribution in [-0.2, 0) is 9.53 Å². The number of carbonyl (C=O) groups is 1. The van der Waals surface area contributed by atoms with Crippen LogP contribution in [-0.4, -0.2) is 54.5 Å². The molecule has 1 N–H and O–H groups in total. The van der Waals surface area contributed by atoms with E-state index in [-0.39, 0.29) is 6.61 Å². The smallest absolute Gasteiger partial charge is 0.329 e. The summed E-state index contributed by atoms with van der Waals surface area (Å²) in [6.45, 7) is 2.73. The van der Waals surface area contributed by atoms with E-state index >= 15 is 0 Å². The molecule has 0 unspecified atom stereocenters. The van der Waals surface area contributed by atoms with Crippen molar-refractivity contribution in [1.82, 2.24) is 4.90 Å². The van der Waals surface area contributed by atoms with Crippen LogP contribution in [0.3, 0.4) is 0 Å². The SMILES string of the molecule is O=C(O)COCCN1CCC=C(C2=Nc3ccccc3Oc3ccc(Cl)cc32)CCC1. The van der Waals surface area contributed by atoms with Crippen molar-refractivity contribution in [2.45, 2.75) is 19.3 Å². The van der Waals surface area contributed by atoms with E-state index in [0.717, 1.165) is 67.4 Å². The van der Waals surface area contributed by atoms with Gasteiger partial charge in [-0.15, -0.1) is 0 Å². The molecule has 0 spiro atoms. The zero-order valence-electron chi connectivity index (χ0n) is 17.2. The summed E-state index contributed by atoms with van der Waals surface area (Å²) in [5, 5.41) is 9.33. The molecule has 2 aliphatic rings. The summed E-state index contributed by atoms with van der Waals surface area (Å²) in [4.78, 5) is 17.9. The summed E-state index contributed by atoms with van der Waals surface area (Å²) in [5.41, 5.74) is 3.84. The summed E-state index contributed by atoms with van der Waals surface area (Å²) < 4.78 is 11.3. The Hall–Kier alpha value is -2.67. The van der Waals surface area contributed by atoms with Crippen molar-refractivity contribution in [3.63, 3.8) is 0 Å². The van der Waals surface area contributed by atoms with E-state index in [1.165, 1.54) is 5.57 Å². The predicted molar refractivity (Wildman–Crippen MR) is 121 cm³/mol. The first-order chi connectivity index (χ1) is 15.1.